The normalized spacial score (nSPS) is 42.6. The Labute approximate surface area is 88.8 Å². The van der Waals surface area contributed by atoms with Crippen molar-refractivity contribution in [3.05, 3.63) is 24.8 Å². The molecule has 0 bridgehead atoms. The molecule has 0 amide bonds. The van der Waals surface area contributed by atoms with E-state index >= 15 is 0 Å². The molecule has 0 aromatic heterocycles. The molecule has 0 saturated carbocycles. The SMILES string of the molecule is C=C[C@@H](O)[C@@H]1O[C@H]1C=C[C@@H]1O[C@H]1[C@@H](C)O. The molecule has 2 N–H and O–H groups in total. The van der Waals surface area contributed by atoms with E-state index in [9.17, 15) is 10.2 Å². The molecule has 0 aromatic carbocycles. The van der Waals surface area contributed by atoms with E-state index in [1.807, 2.05) is 12.2 Å². The molecular formula is C11H16O4. The zero-order valence-electron chi connectivity index (χ0n) is 8.61. The first-order valence-electron chi connectivity index (χ1n) is 5.11. The number of aliphatic hydroxyl groups excluding tert-OH is 2. The molecule has 4 heteroatoms. The van der Waals surface area contributed by atoms with Gasteiger partial charge in [-0.2, -0.15) is 0 Å². The van der Waals surface area contributed by atoms with Crippen molar-refractivity contribution >= 4 is 0 Å². The summed E-state index contributed by atoms with van der Waals surface area (Å²) in [5.41, 5.74) is 0. The summed E-state index contributed by atoms with van der Waals surface area (Å²) in [4.78, 5) is 0. The van der Waals surface area contributed by atoms with Gasteiger partial charge >= 0.3 is 0 Å². The van der Waals surface area contributed by atoms with E-state index in [0.717, 1.165) is 0 Å². The van der Waals surface area contributed by atoms with Gasteiger partial charge in [-0.15, -0.1) is 6.58 Å². The van der Waals surface area contributed by atoms with Gasteiger partial charge in [0, 0.05) is 0 Å². The molecule has 2 fully saturated rings. The maximum atomic E-state index is 9.34. The Bertz CT molecular complexity index is 274. The lowest BCUT2D eigenvalue weighted by molar-refractivity contribution is 0.152. The molecule has 2 aliphatic heterocycles. The molecular weight excluding hydrogens is 196 g/mol. The lowest BCUT2D eigenvalue weighted by Gasteiger charge is -1.96. The number of rotatable bonds is 5. The van der Waals surface area contributed by atoms with E-state index in [2.05, 4.69) is 6.58 Å². The monoisotopic (exact) mass is 212 g/mol. The summed E-state index contributed by atoms with van der Waals surface area (Å²) in [6.45, 7) is 5.19. The van der Waals surface area contributed by atoms with Gasteiger partial charge in [0.2, 0.25) is 0 Å². The Morgan fingerprint density at radius 3 is 2.13 bits per heavy atom. The smallest absolute Gasteiger partial charge is 0.118 e. The molecule has 2 aliphatic rings. The number of aliphatic hydroxyl groups is 2. The first-order valence-corrected chi connectivity index (χ1v) is 5.11. The van der Waals surface area contributed by atoms with Crippen LogP contribution in [0.2, 0.25) is 0 Å². The standard InChI is InChI=1S/C11H16O4/c1-3-7(13)11-9(15-11)5-4-8-10(14-8)6(2)12/h3-13H,1H2,2H3/t6-,7-,8+,9+,10+,11+/m1/s1. The van der Waals surface area contributed by atoms with Crippen molar-refractivity contribution < 1.29 is 19.7 Å². The third-order valence-electron chi connectivity index (χ3n) is 2.67. The fourth-order valence-electron chi connectivity index (χ4n) is 1.60. The van der Waals surface area contributed by atoms with Crippen LogP contribution in [0.5, 0.6) is 0 Å². The minimum absolute atomic E-state index is 0.00396. The second-order valence-electron chi connectivity index (χ2n) is 3.98. The maximum Gasteiger partial charge on any atom is 0.118 e. The van der Waals surface area contributed by atoms with E-state index in [1.165, 1.54) is 6.08 Å². The van der Waals surface area contributed by atoms with Crippen LogP contribution in [0.3, 0.4) is 0 Å². The zero-order valence-corrected chi connectivity index (χ0v) is 8.61. The average molecular weight is 212 g/mol. The molecule has 2 saturated heterocycles. The Hall–Kier alpha value is -0.680. The van der Waals surface area contributed by atoms with Crippen molar-refractivity contribution in [2.45, 2.75) is 43.5 Å². The highest BCUT2D eigenvalue weighted by Crippen LogP contribution is 2.31. The third-order valence-corrected chi connectivity index (χ3v) is 2.67. The van der Waals surface area contributed by atoms with Gasteiger partial charge in [0.05, 0.1) is 6.10 Å². The molecule has 0 aliphatic carbocycles. The third kappa shape index (κ3) is 2.46. The van der Waals surface area contributed by atoms with Crippen LogP contribution in [0, 0.1) is 0 Å². The minimum Gasteiger partial charge on any atom is -0.391 e. The Morgan fingerprint density at radius 1 is 1.13 bits per heavy atom. The van der Waals surface area contributed by atoms with Crippen LogP contribution in [0.25, 0.3) is 0 Å². The van der Waals surface area contributed by atoms with Crippen molar-refractivity contribution in [1.29, 1.82) is 0 Å². The lowest BCUT2D eigenvalue weighted by Crippen LogP contribution is -2.12. The quantitative estimate of drug-likeness (QED) is 0.497. The second-order valence-corrected chi connectivity index (χ2v) is 3.98. The molecule has 4 nitrogen and oxygen atoms in total. The zero-order chi connectivity index (χ0) is 11.0. The van der Waals surface area contributed by atoms with Gasteiger partial charge in [0.1, 0.15) is 30.5 Å². The number of ether oxygens (including phenoxy) is 2. The van der Waals surface area contributed by atoms with Gasteiger partial charge < -0.3 is 19.7 Å². The Morgan fingerprint density at radius 2 is 1.67 bits per heavy atom. The van der Waals surface area contributed by atoms with Crippen LogP contribution >= 0.6 is 0 Å². The molecule has 2 heterocycles. The van der Waals surface area contributed by atoms with E-state index in [0.29, 0.717) is 0 Å². The van der Waals surface area contributed by atoms with Crippen LogP contribution in [0.15, 0.2) is 24.8 Å². The highest BCUT2D eigenvalue weighted by atomic mass is 16.6. The van der Waals surface area contributed by atoms with Crippen LogP contribution in [-0.2, 0) is 9.47 Å². The summed E-state index contributed by atoms with van der Waals surface area (Å²) in [6, 6.07) is 0. The largest absolute Gasteiger partial charge is 0.391 e. The first kappa shape index (κ1) is 10.8. The van der Waals surface area contributed by atoms with Crippen molar-refractivity contribution in [2.24, 2.45) is 0 Å². The molecule has 84 valence electrons. The van der Waals surface area contributed by atoms with Crippen LogP contribution in [-0.4, -0.2) is 46.8 Å². The molecule has 0 aromatic rings. The van der Waals surface area contributed by atoms with E-state index in [-0.39, 0.29) is 24.4 Å². The maximum absolute atomic E-state index is 9.34. The lowest BCUT2D eigenvalue weighted by atomic mass is 10.1. The molecule has 0 spiro atoms. The van der Waals surface area contributed by atoms with Crippen molar-refractivity contribution in [3.63, 3.8) is 0 Å². The van der Waals surface area contributed by atoms with Crippen LogP contribution in [0.4, 0.5) is 0 Å². The van der Waals surface area contributed by atoms with Gasteiger partial charge in [-0.05, 0) is 6.92 Å². The summed E-state index contributed by atoms with van der Waals surface area (Å²) >= 11 is 0. The van der Waals surface area contributed by atoms with E-state index < -0.39 is 12.2 Å². The predicted octanol–water partition coefficient (Wildman–Crippen LogP) is 0.00510. The highest BCUT2D eigenvalue weighted by Gasteiger charge is 2.44. The van der Waals surface area contributed by atoms with Gasteiger partial charge in [0.25, 0.3) is 0 Å². The van der Waals surface area contributed by atoms with Gasteiger partial charge in [-0.1, -0.05) is 18.2 Å². The minimum atomic E-state index is -0.604. The number of hydrogen-bond acceptors (Lipinski definition) is 4. The molecule has 15 heavy (non-hydrogen) atoms. The van der Waals surface area contributed by atoms with Gasteiger partial charge in [-0.25, -0.2) is 0 Å². The van der Waals surface area contributed by atoms with Gasteiger partial charge in [0.15, 0.2) is 0 Å². The molecule has 0 radical (unpaired) electrons. The summed E-state index contributed by atoms with van der Waals surface area (Å²) in [6.07, 6.45) is 3.87. The summed E-state index contributed by atoms with van der Waals surface area (Å²) in [5.74, 6) is 0. The van der Waals surface area contributed by atoms with Crippen LogP contribution < -0.4 is 0 Å². The summed E-state index contributed by atoms with van der Waals surface area (Å²) < 4.78 is 10.4. The Balaban J connectivity index is 1.72. The topological polar surface area (TPSA) is 65.5 Å². The van der Waals surface area contributed by atoms with Crippen molar-refractivity contribution in [1.82, 2.24) is 0 Å². The van der Waals surface area contributed by atoms with Crippen molar-refractivity contribution in [3.8, 4) is 0 Å². The van der Waals surface area contributed by atoms with Crippen LogP contribution in [0.1, 0.15) is 6.92 Å². The summed E-state index contributed by atoms with van der Waals surface area (Å²) in [7, 11) is 0. The van der Waals surface area contributed by atoms with Gasteiger partial charge in [-0.3, -0.25) is 0 Å². The van der Waals surface area contributed by atoms with E-state index in [4.69, 9.17) is 9.47 Å². The summed E-state index contributed by atoms with van der Waals surface area (Å²) in [5, 5.41) is 18.5. The second kappa shape index (κ2) is 4.06. The average Bonchev–Trinajstić information content (AvgIpc) is 3.06. The molecule has 2 rings (SSSR count). The van der Waals surface area contributed by atoms with E-state index in [1.54, 1.807) is 6.92 Å². The first-order chi connectivity index (χ1) is 7.13. The Kier molecular flexibility index (Phi) is 2.93. The molecule has 6 atom stereocenters. The number of epoxide rings is 2. The fraction of sp³-hybridized carbons (Fsp3) is 0.636. The van der Waals surface area contributed by atoms with Crippen molar-refractivity contribution in [2.75, 3.05) is 0 Å². The fourth-order valence-corrected chi connectivity index (χ4v) is 1.60. The number of hydrogen-bond donors (Lipinski definition) is 2. The predicted molar refractivity (Wildman–Crippen MR) is 54.3 cm³/mol. The molecule has 0 unspecified atom stereocenters. The highest BCUT2D eigenvalue weighted by molar-refractivity contribution is 5.13.